The van der Waals surface area contributed by atoms with Gasteiger partial charge in [0, 0.05) is 5.69 Å². The predicted molar refractivity (Wildman–Crippen MR) is 56.5 cm³/mol. The quantitative estimate of drug-likeness (QED) is 0.817. The van der Waals surface area contributed by atoms with E-state index in [0.29, 0.717) is 5.69 Å². The number of carbonyl (C=O) groups excluding carboxylic acids is 1. The molecular weight excluding hydrogens is 206 g/mol. The first-order valence-electron chi connectivity index (χ1n) is 4.59. The Morgan fingerprint density at radius 2 is 2.06 bits per heavy atom. The summed E-state index contributed by atoms with van der Waals surface area (Å²) in [5.41, 5.74) is 0.919. The summed E-state index contributed by atoms with van der Waals surface area (Å²) < 4.78 is 4.68. The van der Waals surface area contributed by atoms with Gasteiger partial charge >= 0.3 is 6.09 Å². The van der Waals surface area contributed by atoms with Crippen LogP contribution in [0.1, 0.15) is 18.1 Å². The molecule has 0 saturated heterocycles. The monoisotopic (exact) mass is 215 g/mol. The standard InChI is InChI=1S/C11H9N3O2/c1-2-16-11(15)14-10-4-3-8(6-12)9(5-10)7-13/h3-5H,2H2,1H3,(H,14,15). The van der Waals surface area contributed by atoms with E-state index in [9.17, 15) is 4.79 Å². The zero-order valence-corrected chi connectivity index (χ0v) is 8.65. The van der Waals surface area contributed by atoms with Crippen molar-refractivity contribution in [2.45, 2.75) is 6.92 Å². The number of hydrogen-bond acceptors (Lipinski definition) is 4. The van der Waals surface area contributed by atoms with Crippen LogP contribution in [0.25, 0.3) is 0 Å². The molecular formula is C11H9N3O2. The molecule has 0 saturated carbocycles. The fourth-order valence-electron chi connectivity index (χ4n) is 1.10. The first kappa shape index (κ1) is 11.5. The van der Waals surface area contributed by atoms with Gasteiger partial charge in [-0.05, 0) is 25.1 Å². The van der Waals surface area contributed by atoms with Crippen molar-refractivity contribution in [3.05, 3.63) is 29.3 Å². The molecule has 0 atom stereocenters. The molecule has 0 spiro atoms. The predicted octanol–water partition coefficient (Wildman–Crippen LogP) is 2.00. The number of amides is 1. The van der Waals surface area contributed by atoms with E-state index in [2.05, 4.69) is 10.1 Å². The lowest BCUT2D eigenvalue weighted by Crippen LogP contribution is -2.13. The van der Waals surface area contributed by atoms with E-state index < -0.39 is 6.09 Å². The topological polar surface area (TPSA) is 85.9 Å². The number of benzene rings is 1. The first-order chi connectivity index (χ1) is 7.71. The molecule has 0 aliphatic heterocycles. The van der Waals surface area contributed by atoms with Crippen molar-refractivity contribution in [3.8, 4) is 12.1 Å². The van der Waals surface area contributed by atoms with Gasteiger partial charge in [-0.2, -0.15) is 10.5 Å². The average molecular weight is 215 g/mol. The van der Waals surface area contributed by atoms with E-state index >= 15 is 0 Å². The van der Waals surface area contributed by atoms with Crippen molar-refractivity contribution in [1.82, 2.24) is 0 Å². The Hall–Kier alpha value is -2.53. The normalized spacial score (nSPS) is 8.69. The molecule has 0 heterocycles. The SMILES string of the molecule is CCOC(=O)Nc1ccc(C#N)c(C#N)c1. The highest BCUT2D eigenvalue weighted by Gasteiger charge is 2.05. The zero-order valence-electron chi connectivity index (χ0n) is 8.65. The summed E-state index contributed by atoms with van der Waals surface area (Å²) in [6, 6.07) is 8.20. The number of nitriles is 2. The van der Waals surface area contributed by atoms with Crippen molar-refractivity contribution in [2.75, 3.05) is 11.9 Å². The Morgan fingerprint density at radius 1 is 1.38 bits per heavy atom. The molecule has 0 radical (unpaired) electrons. The van der Waals surface area contributed by atoms with Gasteiger partial charge in [0.05, 0.1) is 17.7 Å². The van der Waals surface area contributed by atoms with Gasteiger partial charge in [-0.25, -0.2) is 4.79 Å². The molecule has 1 N–H and O–H groups in total. The molecule has 0 fully saturated rings. The second kappa shape index (κ2) is 5.38. The van der Waals surface area contributed by atoms with Gasteiger partial charge in [0.15, 0.2) is 0 Å². The van der Waals surface area contributed by atoms with Crippen LogP contribution >= 0.6 is 0 Å². The Morgan fingerprint density at radius 3 is 2.62 bits per heavy atom. The summed E-state index contributed by atoms with van der Waals surface area (Å²) in [7, 11) is 0. The van der Waals surface area contributed by atoms with Crippen molar-refractivity contribution in [3.63, 3.8) is 0 Å². The molecule has 0 bridgehead atoms. The fraction of sp³-hybridized carbons (Fsp3) is 0.182. The van der Waals surface area contributed by atoms with Crippen LogP contribution in [0.3, 0.4) is 0 Å². The Labute approximate surface area is 92.9 Å². The molecule has 0 aliphatic carbocycles. The molecule has 5 nitrogen and oxygen atoms in total. The third kappa shape index (κ3) is 2.73. The van der Waals surface area contributed by atoms with Gasteiger partial charge in [-0.3, -0.25) is 5.32 Å². The summed E-state index contributed by atoms with van der Waals surface area (Å²) in [5, 5.41) is 19.9. The maximum atomic E-state index is 11.1. The lowest BCUT2D eigenvalue weighted by Gasteiger charge is -2.05. The van der Waals surface area contributed by atoms with Crippen LogP contribution in [0, 0.1) is 22.7 Å². The van der Waals surface area contributed by atoms with Crippen LogP contribution < -0.4 is 5.32 Å². The van der Waals surface area contributed by atoms with Gasteiger partial charge in [0.1, 0.15) is 12.1 Å². The van der Waals surface area contributed by atoms with E-state index in [1.54, 1.807) is 6.92 Å². The maximum absolute atomic E-state index is 11.1. The van der Waals surface area contributed by atoms with E-state index in [-0.39, 0.29) is 17.7 Å². The lowest BCUT2D eigenvalue weighted by atomic mass is 10.1. The lowest BCUT2D eigenvalue weighted by molar-refractivity contribution is 0.168. The molecule has 0 unspecified atom stereocenters. The summed E-state index contributed by atoms with van der Waals surface area (Å²) in [5.74, 6) is 0. The molecule has 5 heteroatoms. The van der Waals surface area contributed by atoms with Crippen LogP contribution in [0.4, 0.5) is 10.5 Å². The zero-order chi connectivity index (χ0) is 12.0. The van der Waals surface area contributed by atoms with Crippen molar-refractivity contribution < 1.29 is 9.53 Å². The van der Waals surface area contributed by atoms with Crippen LogP contribution in [-0.4, -0.2) is 12.7 Å². The first-order valence-corrected chi connectivity index (χ1v) is 4.59. The third-order valence-electron chi connectivity index (χ3n) is 1.78. The minimum absolute atomic E-state index is 0.219. The van der Waals surface area contributed by atoms with E-state index in [1.165, 1.54) is 18.2 Å². The molecule has 80 valence electrons. The highest BCUT2D eigenvalue weighted by Crippen LogP contribution is 2.14. The van der Waals surface area contributed by atoms with Gasteiger partial charge in [0.25, 0.3) is 0 Å². The summed E-state index contributed by atoms with van der Waals surface area (Å²) in [4.78, 5) is 11.1. The van der Waals surface area contributed by atoms with E-state index in [1.807, 2.05) is 12.1 Å². The van der Waals surface area contributed by atoms with Crippen molar-refractivity contribution >= 4 is 11.8 Å². The van der Waals surface area contributed by atoms with Crippen LogP contribution in [0.2, 0.25) is 0 Å². The van der Waals surface area contributed by atoms with E-state index in [0.717, 1.165) is 0 Å². The fourth-order valence-corrected chi connectivity index (χ4v) is 1.10. The van der Waals surface area contributed by atoms with Gasteiger partial charge in [0.2, 0.25) is 0 Å². The smallest absolute Gasteiger partial charge is 0.411 e. The third-order valence-corrected chi connectivity index (χ3v) is 1.78. The van der Waals surface area contributed by atoms with Gasteiger partial charge < -0.3 is 4.74 Å². The number of nitrogens with one attached hydrogen (secondary N) is 1. The Kier molecular flexibility index (Phi) is 3.88. The van der Waals surface area contributed by atoms with E-state index in [4.69, 9.17) is 10.5 Å². The molecule has 0 aliphatic rings. The molecule has 0 aromatic heterocycles. The summed E-state index contributed by atoms with van der Waals surface area (Å²) in [6.07, 6.45) is -0.587. The number of hydrogen-bond donors (Lipinski definition) is 1. The average Bonchev–Trinajstić information content (AvgIpc) is 2.29. The number of anilines is 1. The highest BCUT2D eigenvalue weighted by molar-refractivity contribution is 5.85. The van der Waals surface area contributed by atoms with Crippen molar-refractivity contribution in [1.29, 1.82) is 10.5 Å². The summed E-state index contributed by atoms with van der Waals surface area (Å²) in [6.45, 7) is 1.96. The minimum atomic E-state index is -0.587. The molecule has 1 amide bonds. The largest absolute Gasteiger partial charge is 0.450 e. The Bertz CT molecular complexity index is 483. The van der Waals surface area contributed by atoms with Crippen molar-refractivity contribution in [2.24, 2.45) is 0 Å². The summed E-state index contributed by atoms with van der Waals surface area (Å²) >= 11 is 0. The number of nitrogens with zero attached hydrogens (tertiary/aromatic N) is 2. The van der Waals surface area contributed by atoms with Gasteiger partial charge in [-0.15, -0.1) is 0 Å². The molecule has 1 aromatic rings. The highest BCUT2D eigenvalue weighted by atomic mass is 16.5. The second-order valence-electron chi connectivity index (χ2n) is 2.83. The maximum Gasteiger partial charge on any atom is 0.411 e. The second-order valence-corrected chi connectivity index (χ2v) is 2.83. The molecule has 1 rings (SSSR count). The van der Waals surface area contributed by atoms with Crippen LogP contribution in [0.5, 0.6) is 0 Å². The van der Waals surface area contributed by atoms with Crippen LogP contribution in [-0.2, 0) is 4.74 Å². The molecule has 1 aromatic carbocycles. The number of carbonyl (C=O) groups is 1. The number of ether oxygens (including phenoxy) is 1. The minimum Gasteiger partial charge on any atom is -0.450 e. The van der Waals surface area contributed by atoms with Crippen LogP contribution in [0.15, 0.2) is 18.2 Å². The Balaban J connectivity index is 2.89. The van der Waals surface area contributed by atoms with Gasteiger partial charge in [-0.1, -0.05) is 0 Å². The molecule has 16 heavy (non-hydrogen) atoms. The number of rotatable bonds is 2.